The normalized spacial score (nSPS) is 19.1. The maximum absolute atomic E-state index is 6.25. The zero-order valence-electron chi connectivity index (χ0n) is 8.51. The SMILES string of the molecule is CCCC1=CC=C[NH+]1CCC.[C-]#N. The number of hydrogen-bond donors (Lipinski definition) is 1. The Morgan fingerprint density at radius 3 is 2.54 bits per heavy atom. The minimum Gasteiger partial charge on any atom is -0.512 e. The van der Waals surface area contributed by atoms with Gasteiger partial charge in [-0.15, -0.1) is 0 Å². The third-order valence-corrected chi connectivity index (χ3v) is 2.05. The highest BCUT2D eigenvalue weighted by Crippen LogP contribution is 2.00. The molecule has 0 bridgehead atoms. The van der Waals surface area contributed by atoms with Gasteiger partial charge in [0.15, 0.2) is 0 Å². The molecule has 0 aromatic rings. The first-order chi connectivity index (χ1) is 6.38. The summed E-state index contributed by atoms with van der Waals surface area (Å²) in [5, 5.41) is 6.25. The van der Waals surface area contributed by atoms with Crippen LogP contribution in [0.1, 0.15) is 33.1 Å². The molecule has 0 saturated heterocycles. The van der Waals surface area contributed by atoms with Crippen molar-refractivity contribution in [2.75, 3.05) is 6.54 Å². The van der Waals surface area contributed by atoms with Gasteiger partial charge in [-0.2, -0.15) is 0 Å². The average molecular weight is 178 g/mol. The van der Waals surface area contributed by atoms with Crippen LogP contribution in [0.3, 0.4) is 0 Å². The Morgan fingerprint density at radius 2 is 2.00 bits per heavy atom. The van der Waals surface area contributed by atoms with Crippen molar-refractivity contribution in [3.8, 4) is 0 Å². The molecule has 2 nitrogen and oxygen atoms in total. The van der Waals surface area contributed by atoms with Crippen LogP contribution in [0.2, 0.25) is 0 Å². The van der Waals surface area contributed by atoms with E-state index in [1.54, 1.807) is 10.6 Å². The van der Waals surface area contributed by atoms with Crippen LogP contribution in [0.25, 0.3) is 0 Å². The van der Waals surface area contributed by atoms with Crippen molar-refractivity contribution in [3.63, 3.8) is 0 Å². The first-order valence-corrected chi connectivity index (χ1v) is 4.84. The molecule has 13 heavy (non-hydrogen) atoms. The Kier molecular flexibility index (Phi) is 6.95. The average Bonchev–Trinajstić information content (AvgIpc) is 2.58. The summed E-state index contributed by atoms with van der Waals surface area (Å²) in [6.07, 6.45) is 10.5. The van der Waals surface area contributed by atoms with Gasteiger partial charge in [0.25, 0.3) is 0 Å². The summed E-state index contributed by atoms with van der Waals surface area (Å²) in [5.74, 6) is 0. The van der Waals surface area contributed by atoms with E-state index in [2.05, 4.69) is 32.2 Å². The molecule has 1 N–H and O–H groups in total. The minimum atomic E-state index is 1.25. The molecule has 0 fully saturated rings. The van der Waals surface area contributed by atoms with Gasteiger partial charge in [0, 0.05) is 12.5 Å². The molecular weight excluding hydrogens is 160 g/mol. The summed E-state index contributed by atoms with van der Waals surface area (Å²) in [7, 11) is 0. The predicted molar refractivity (Wildman–Crippen MR) is 53.2 cm³/mol. The Morgan fingerprint density at radius 1 is 1.31 bits per heavy atom. The molecule has 0 spiro atoms. The van der Waals surface area contributed by atoms with Gasteiger partial charge >= 0.3 is 0 Å². The molecule has 2 heteroatoms. The Bertz CT molecular complexity index is 201. The number of allylic oxidation sites excluding steroid dienone is 3. The first-order valence-electron chi connectivity index (χ1n) is 4.84. The summed E-state index contributed by atoms with van der Waals surface area (Å²) >= 11 is 0. The molecule has 1 unspecified atom stereocenters. The molecule has 72 valence electrons. The zero-order chi connectivity index (χ0) is 10.1. The third-order valence-electron chi connectivity index (χ3n) is 2.05. The van der Waals surface area contributed by atoms with Crippen LogP contribution < -0.4 is 4.90 Å². The summed E-state index contributed by atoms with van der Waals surface area (Å²) < 4.78 is 0. The number of nitrogens with zero attached hydrogens (tertiary/aromatic N) is 1. The van der Waals surface area contributed by atoms with Crippen LogP contribution in [0.15, 0.2) is 24.0 Å². The molecule has 0 aliphatic carbocycles. The number of rotatable bonds is 4. The monoisotopic (exact) mass is 178 g/mol. The van der Waals surface area contributed by atoms with Crippen molar-refractivity contribution >= 4 is 0 Å². The molecule has 0 amide bonds. The largest absolute Gasteiger partial charge is 0.512 e. The summed E-state index contributed by atoms with van der Waals surface area (Å²) in [4.78, 5) is 1.56. The fourth-order valence-corrected chi connectivity index (χ4v) is 1.52. The lowest BCUT2D eigenvalue weighted by atomic mass is 10.2. The number of hydrogen-bond acceptors (Lipinski definition) is 1. The van der Waals surface area contributed by atoms with E-state index in [4.69, 9.17) is 11.8 Å². The zero-order valence-corrected chi connectivity index (χ0v) is 8.51. The number of nitrogens with one attached hydrogen (secondary N) is 1. The van der Waals surface area contributed by atoms with Gasteiger partial charge in [-0.25, -0.2) is 0 Å². The molecule has 1 atom stereocenters. The highest BCUT2D eigenvalue weighted by molar-refractivity contribution is 5.10. The minimum absolute atomic E-state index is 1.25. The van der Waals surface area contributed by atoms with Crippen molar-refractivity contribution in [3.05, 3.63) is 30.6 Å². The van der Waals surface area contributed by atoms with Crippen LogP contribution >= 0.6 is 0 Å². The van der Waals surface area contributed by atoms with E-state index in [0.717, 1.165) is 0 Å². The van der Waals surface area contributed by atoms with Crippen LogP contribution in [-0.4, -0.2) is 6.54 Å². The van der Waals surface area contributed by atoms with E-state index in [1.165, 1.54) is 25.8 Å². The number of quaternary nitrogens is 1. The van der Waals surface area contributed by atoms with Crippen LogP contribution in [0.4, 0.5) is 0 Å². The summed E-state index contributed by atoms with van der Waals surface area (Å²) in [5.41, 5.74) is 1.56. The van der Waals surface area contributed by atoms with Gasteiger partial charge in [-0.3, -0.25) is 4.90 Å². The molecular formula is C11H18N2. The first kappa shape index (κ1) is 11.9. The Hall–Kier alpha value is -1.07. The van der Waals surface area contributed by atoms with E-state index >= 15 is 0 Å². The Labute approximate surface area is 81.2 Å². The molecule has 1 aliphatic heterocycles. The van der Waals surface area contributed by atoms with Crippen LogP contribution in [0.5, 0.6) is 0 Å². The molecule has 0 saturated carbocycles. The van der Waals surface area contributed by atoms with Crippen molar-refractivity contribution < 1.29 is 4.90 Å². The third kappa shape index (κ3) is 3.91. The van der Waals surface area contributed by atoms with Crippen molar-refractivity contribution in [2.45, 2.75) is 33.1 Å². The second kappa shape index (κ2) is 7.57. The van der Waals surface area contributed by atoms with Gasteiger partial charge in [0.2, 0.25) is 0 Å². The van der Waals surface area contributed by atoms with Gasteiger partial charge in [-0.05, 0) is 18.9 Å². The van der Waals surface area contributed by atoms with Crippen LogP contribution in [0, 0.1) is 11.8 Å². The Balaban J connectivity index is 0.000000671. The fraction of sp³-hybridized carbons (Fsp3) is 0.545. The lowest BCUT2D eigenvalue weighted by molar-refractivity contribution is -0.804. The second-order valence-corrected chi connectivity index (χ2v) is 3.08. The highest BCUT2D eigenvalue weighted by Gasteiger charge is 2.13. The van der Waals surface area contributed by atoms with Crippen molar-refractivity contribution in [1.29, 1.82) is 5.26 Å². The van der Waals surface area contributed by atoms with E-state index in [1.807, 2.05) is 0 Å². The smallest absolute Gasteiger partial charge is 0.112 e. The summed E-state index contributed by atoms with van der Waals surface area (Å²) in [6.45, 7) is 10.5. The molecule has 1 aliphatic rings. The maximum atomic E-state index is 6.25. The summed E-state index contributed by atoms with van der Waals surface area (Å²) in [6, 6.07) is 0. The second-order valence-electron chi connectivity index (χ2n) is 3.08. The lowest BCUT2D eigenvalue weighted by Gasteiger charge is -2.12. The molecule has 0 radical (unpaired) electrons. The topological polar surface area (TPSA) is 28.2 Å². The van der Waals surface area contributed by atoms with E-state index in [0.29, 0.717) is 0 Å². The van der Waals surface area contributed by atoms with E-state index in [9.17, 15) is 0 Å². The van der Waals surface area contributed by atoms with Gasteiger partial charge in [0.1, 0.15) is 5.70 Å². The van der Waals surface area contributed by atoms with Crippen LogP contribution in [-0.2, 0) is 0 Å². The van der Waals surface area contributed by atoms with Gasteiger partial charge in [-0.1, -0.05) is 13.8 Å². The predicted octanol–water partition coefficient (Wildman–Crippen LogP) is 1.59. The van der Waals surface area contributed by atoms with Crippen molar-refractivity contribution in [2.24, 2.45) is 0 Å². The van der Waals surface area contributed by atoms with E-state index < -0.39 is 0 Å². The molecule has 0 aromatic carbocycles. The quantitative estimate of drug-likeness (QED) is 0.651. The van der Waals surface area contributed by atoms with Gasteiger partial charge < -0.3 is 11.8 Å². The molecule has 1 rings (SSSR count). The highest BCUT2D eigenvalue weighted by atomic mass is 15.1. The molecule has 1 heterocycles. The maximum Gasteiger partial charge on any atom is 0.112 e. The molecule has 0 aromatic heterocycles. The fourth-order valence-electron chi connectivity index (χ4n) is 1.52. The lowest BCUT2D eigenvalue weighted by Crippen LogP contribution is -3.04. The van der Waals surface area contributed by atoms with Gasteiger partial charge in [0.05, 0.1) is 12.7 Å². The van der Waals surface area contributed by atoms with Crippen molar-refractivity contribution in [1.82, 2.24) is 0 Å². The van der Waals surface area contributed by atoms with E-state index in [-0.39, 0.29) is 0 Å². The standard InChI is InChI=1S/C10H17N.CN/c1-3-6-10-7-5-9-11(10)8-4-2;1-2/h5,7,9H,3-4,6,8H2,1-2H3;/q;-1/p+1.